The van der Waals surface area contributed by atoms with Gasteiger partial charge in [-0.05, 0) is 25.1 Å². The van der Waals surface area contributed by atoms with Crippen molar-refractivity contribution in [2.45, 2.75) is 19.9 Å². The summed E-state index contributed by atoms with van der Waals surface area (Å²) in [5.41, 5.74) is 1.86. The van der Waals surface area contributed by atoms with Crippen molar-refractivity contribution in [1.29, 1.82) is 0 Å². The van der Waals surface area contributed by atoms with Gasteiger partial charge >= 0.3 is 5.97 Å². The van der Waals surface area contributed by atoms with Crippen molar-refractivity contribution in [1.82, 2.24) is 9.55 Å². The van der Waals surface area contributed by atoms with E-state index < -0.39 is 5.97 Å². The molecule has 0 atom stereocenters. The Morgan fingerprint density at radius 1 is 1.56 bits per heavy atom. The van der Waals surface area contributed by atoms with Crippen molar-refractivity contribution in [2.75, 3.05) is 0 Å². The van der Waals surface area contributed by atoms with Crippen LogP contribution >= 0.6 is 15.9 Å². The Balaban J connectivity index is 2.43. The summed E-state index contributed by atoms with van der Waals surface area (Å²) in [4.78, 5) is 14.9. The maximum atomic E-state index is 10.6. The van der Waals surface area contributed by atoms with Gasteiger partial charge in [-0.2, -0.15) is 0 Å². The average Bonchev–Trinajstić information content (AvgIpc) is 2.50. The van der Waals surface area contributed by atoms with E-state index in [1.54, 1.807) is 0 Å². The molecule has 16 heavy (non-hydrogen) atoms. The predicted molar refractivity (Wildman–Crippen MR) is 64.4 cm³/mol. The molecule has 84 valence electrons. The highest BCUT2D eigenvalue weighted by Gasteiger charge is 2.08. The zero-order valence-electron chi connectivity index (χ0n) is 8.77. The zero-order chi connectivity index (χ0) is 11.7. The van der Waals surface area contributed by atoms with Crippen molar-refractivity contribution in [2.24, 2.45) is 0 Å². The number of hydrogen-bond acceptors (Lipinski definition) is 2. The first kappa shape index (κ1) is 11.1. The van der Waals surface area contributed by atoms with Crippen LogP contribution < -0.4 is 0 Å². The van der Waals surface area contributed by atoms with E-state index in [1.807, 2.05) is 29.7 Å². The van der Waals surface area contributed by atoms with E-state index in [-0.39, 0.29) is 6.42 Å². The third kappa shape index (κ3) is 2.09. The molecule has 0 spiro atoms. The summed E-state index contributed by atoms with van der Waals surface area (Å²) in [6, 6.07) is 5.81. The topological polar surface area (TPSA) is 55.1 Å². The maximum absolute atomic E-state index is 10.6. The van der Waals surface area contributed by atoms with Crippen LogP contribution in [0.2, 0.25) is 0 Å². The summed E-state index contributed by atoms with van der Waals surface area (Å²) in [6.07, 6.45) is 0.113. The van der Waals surface area contributed by atoms with Crippen molar-refractivity contribution in [3.05, 3.63) is 28.5 Å². The highest BCUT2D eigenvalue weighted by atomic mass is 79.9. The minimum Gasteiger partial charge on any atom is -0.481 e. The van der Waals surface area contributed by atoms with Gasteiger partial charge in [0.2, 0.25) is 0 Å². The molecule has 0 bridgehead atoms. The summed E-state index contributed by atoms with van der Waals surface area (Å²) in [5.74, 6) is 0.0488. The summed E-state index contributed by atoms with van der Waals surface area (Å²) < 4.78 is 2.90. The van der Waals surface area contributed by atoms with Crippen LogP contribution in [-0.2, 0) is 11.3 Å². The third-order valence-corrected chi connectivity index (χ3v) is 2.94. The van der Waals surface area contributed by atoms with E-state index in [0.29, 0.717) is 6.54 Å². The predicted octanol–water partition coefficient (Wildman–Crippen LogP) is 2.58. The fraction of sp³-hybridized carbons (Fsp3) is 0.273. The van der Waals surface area contributed by atoms with Gasteiger partial charge in [-0.3, -0.25) is 4.79 Å². The van der Waals surface area contributed by atoms with Gasteiger partial charge in [0.1, 0.15) is 5.82 Å². The molecule has 1 aromatic carbocycles. The van der Waals surface area contributed by atoms with Crippen LogP contribution in [0.4, 0.5) is 0 Å². The number of carboxylic acids is 1. The van der Waals surface area contributed by atoms with Crippen molar-refractivity contribution >= 4 is 32.9 Å². The number of aryl methyl sites for hydroxylation is 2. The smallest absolute Gasteiger partial charge is 0.305 e. The molecule has 0 aliphatic heterocycles. The van der Waals surface area contributed by atoms with Gasteiger partial charge in [-0.25, -0.2) is 4.98 Å². The van der Waals surface area contributed by atoms with Crippen LogP contribution in [0.25, 0.3) is 11.0 Å². The lowest BCUT2D eigenvalue weighted by Gasteiger charge is -2.04. The van der Waals surface area contributed by atoms with Crippen molar-refractivity contribution in [3.63, 3.8) is 0 Å². The van der Waals surface area contributed by atoms with Gasteiger partial charge in [0, 0.05) is 11.0 Å². The number of nitrogens with zero attached hydrogens (tertiary/aromatic N) is 2. The molecule has 1 heterocycles. The lowest BCUT2D eigenvalue weighted by Crippen LogP contribution is -2.05. The molecule has 0 aliphatic carbocycles. The number of aliphatic carboxylic acids is 1. The van der Waals surface area contributed by atoms with Gasteiger partial charge in [-0.1, -0.05) is 15.9 Å². The van der Waals surface area contributed by atoms with E-state index in [2.05, 4.69) is 20.9 Å². The molecule has 0 saturated carbocycles. The first-order valence-electron chi connectivity index (χ1n) is 4.92. The Labute approximate surface area is 101 Å². The molecule has 1 aromatic heterocycles. The minimum atomic E-state index is -0.793. The number of halogens is 1. The zero-order valence-corrected chi connectivity index (χ0v) is 10.4. The average molecular weight is 283 g/mol. The fourth-order valence-corrected chi connectivity index (χ4v) is 2.06. The number of benzene rings is 1. The largest absolute Gasteiger partial charge is 0.481 e. The monoisotopic (exact) mass is 282 g/mol. The molecule has 0 amide bonds. The number of aromatic nitrogens is 2. The van der Waals surface area contributed by atoms with Crippen LogP contribution in [0, 0.1) is 6.92 Å². The van der Waals surface area contributed by atoms with E-state index in [9.17, 15) is 4.79 Å². The Morgan fingerprint density at radius 3 is 3.00 bits per heavy atom. The second-order valence-electron chi connectivity index (χ2n) is 3.59. The Morgan fingerprint density at radius 2 is 2.31 bits per heavy atom. The summed E-state index contributed by atoms with van der Waals surface area (Å²) in [5, 5.41) is 8.68. The van der Waals surface area contributed by atoms with Crippen LogP contribution in [0.1, 0.15) is 12.2 Å². The Kier molecular flexibility index (Phi) is 2.96. The third-order valence-electron chi connectivity index (χ3n) is 2.45. The van der Waals surface area contributed by atoms with E-state index in [1.165, 1.54) is 0 Å². The van der Waals surface area contributed by atoms with Crippen LogP contribution in [0.5, 0.6) is 0 Å². The van der Waals surface area contributed by atoms with Gasteiger partial charge in [0.15, 0.2) is 0 Å². The van der Waals surface area contributed by atoms with Crippen molar-refractivity contribution in [3.8, 4) is 0 Å². The molecule has 0 aliphatic rings. The molecule has 2 aromatic rings. The molecule has 5 heteroatoms. The molecule has 0 saturated heterocycles. The standard InChI is InChI=1S/C11H11BrN2O2/c1-7-13-9-6-8(12)2-3-10(9)14(7)5-4-11(15)16/h2-3,6H,4-5H2,1H3,(H,15,16). The quantitative estimate of drug-likeness (QED) is 0.942. The summed E-state index contributed by atoms with van der Waals surface area (Å²) in [6.45, 7) is 2.34. The summed E-state index contributed by atoms with van der Waals surface area (Å²) in [7, 11) is 0. The number of rotatable bonds is 3. The van der Waals surface area contributed by atoms with Gasteiger partial charge in [0.05, 0.1) is 17.5 Å². The van der Waals surface area contributed by atoms with Crippen molar-refractivity contribution < 1.29 is 9.90 Å². The molecule has 0 fully saturated rings. The van der Waals surface area contributed by atoms with Gasteiger partial charge < -0.3 is 9.67 Å². The first-order chi connectivity index (χ1) is 7.58. The number of hydrogen-bond donors (Lipinski definition) is 1. The maximum Gasteiger partial charge on any atom is 0.305 e. The van der Waals surface area contributed by atoms with Crippen LogP contribution in [0.3, 0.4) is 0 Å². The number of fused-ring (bicyclic) bond motifs is 1. The second-order valence-corrected chi connectivity index (χ2v) is 4.50. The molecular weight excluding hydrogens is 272 g/mol. The normalized spacial score (nSPS) is 10.9. The first-order valence-corrected chi connectivity index (χ1v) is 5.71. The van der Waals surface area contributed by atoms with Crippen LogP contribution in [-0.4, -0.2) is 20.6 Å². The lowest BCUT2D eigenvalue weighted by atomic mass is 10.3. The van der Waals surface area contributed by atoms with Gasteiger partial charge in [0.25, 0.3) is 0 Å². The summed E-state index contributed by atoms with van der Waals surface area (Å²) >= 11 is 3.39. The molecule has 2 rings (SSSR count). The SMILES string of the molecule is Cc1nc2cc(Br)ccc2n1CCC(=O)O. The number of imidazole rings is 1. The highest BCUT2D eigenvalue weighted by molar-refractivity contribution is 9.10. The Bertz CT molecular complexity index is 548. The van der Waals surface area contributed by atoms with Gasteiger partial charge in [-0.15, -0.1) is 0 Å². The second kappa shape index (κ2) is 4.25. The fourth-order valence-electron chi connectivity index (χ4n) is 1.71. The van der Waals surface area contributed by atoms with E-state index >= 15 is 0 Å². The minimum absolute atomic E-state index is 0.113. The van der Waals surface area contributed by atoms with E-state index in [4.69, 9.17) is 5.11 Å². The molecule has 0 unspecified atom stereocenters. The number of carbonyl (C=O) groups is 1. The van der Waals surface area contributed by atoms with Crippen LogP contribution in [0.15, 0.2) is 22.7 Å². The van der Waals surface area contributed by atoms with E-state index in [0.717, 1.165) is 21.3 Å². The molecule has 1 N–H and O–H groups in total. The Hall–Kier alpha value is -1.36. The molecule has 4 nitrogen and oxygen atoms in total. The lowest BCUT2D eigenvalue weighted by molar-refractivity contribution is -0.137. The highest BCUT2D eigenvalue weighted by Crippen LogP contribution is 2.20. The molecule has 0 radical (unpaired) electrons. The molecular formula is C11H11BrN2O2. The number of carboxylic acid groups (broad SMARTS) is 1.